The molecule has 1 atom stereocenters. The summed E-state index contributed by atoms with van der Waals surface area (Å²) in [6.07, 6.45) is 2.05. The maximum atomic E-state index is 12.2. The van der Waals surface area contributed by atoms with Crippen molar-refractivity contribution in [3.05, 3.63) is 41.6 Å². The summed E-state index contributed by atoms with van der Waals surface area (Å²) in [7, 11) is -2.99. The molecule has 0 radical (unpaired) electrons. The second kappa shape index (κ2) is 6.60. The number of carbonyl (C=O) groups is 1. The van der Waals surface area contributed by atoms with Gasteiger partial charge in [0.25, 0.3) is 5.91 Å². The van der Waals surface area contributed by atoms with E-state index in [9.17, 15) is 13.2 Å². The first-order valence-electron chi connectivity index (χ1n) is 7.54. The van der Waals surface area contributed by atoms with E-state index in [2.05, 4.69) is 20.6 Å². The molecular formula is C15H18N4O4S. The minimum absolute atomic E-state index is 0.0598. The van der Waals surface area contributed by atoms with Crippen LogP contribution in [0.4, 0.5) is 5.95 Å². The largest absolute Gasteiger partial charge is 0.467 e. The van der Waals surface area contributed by atoms with Crippen LogP contribution in [0.3, 0.4) is 0 Å². The summed E-state index contributed by atoms with van der Waals surface area (Å²) < 4.78 is 28.2. The molecule has 0 saturated carbocycles. The average Bonchev–Trinajstić information content (AvgIpc) is 3.13. The second-order valence-electron chi connectivity index (χ2n) is 5.72. The summed E-state index contributed by atoms with van der Waals surface area (Å²) in [5.74, 6) is 0.778. The van der Waals surface area contributed by atoms with Crippen LogP contribution >= 0.6 is 0 Å². The van der Waals surface area contributed by atoms with Crippen molar-refractivity contribution in [1.82, 2.24) is 15.3 Å². The Bertz CT molecular complexity index is 833. The third-order valence-corrected chi connectivity index (χ3v) is 5.42. The molecule has 1 saturated heterocycles. The molecule has 1 aliphatic rings. The third-order valence-electron chi connectivity index (χ3n) is 3.66. The molecule has 2 aromatic rings. The molecule has 2 aromatic heterocycles. The molecule has 24 heavy (non-hydrogen) atoms. The van der Waals surface area contributed by atoms with Crippen LogP contribution in [0.2, 0.25) is 0 Å². The highest BCUT2D eigenvalue weighted by atomic mass is 32.2. The first-order valence-corrected chi connectivity index (χ1v) is 9.37. The first-order chi connectivity index (χ1) is 11.4. The highest BCUT2D eigenvalue weighted by molar-refractivity contribution is 7.91. The van der Waals surface area contributed by atoms with Crippen molar-refractivity contribution in [2.45, 2.75) is 25.9 Å². The van der Waals surface area contributed by atoms with E-state index in [-0.39, 0.29) is 41.6 Å². The van der Waals surface area contributed by atoms with E-state index < -0.39 is 9.84 Å². The van der Waals surface area contributed by atoms with Crippen LogP contribution in [0.5, 0.6) is 0 Å². The molecule has 1 amide bonds. The van der Waals surface area contributed by atoms with Crippen LogP contribution in [-0.2, 0) is 16.4 Å². The van der Waals surface area contributed by atoms with E-state index in [0.29, 0.717) is 17.9 Å². The minimum atomic E-state index is -2.99. The molecule has 0 bridgehead atoms. The number of aromatic nitrogens is 2. The molecule has 1 aliphatic heterocycles. The van der Waals surface area contributed by atoms with Crippen LogP contribution in [0.1, 0.15) is 28.4 Å². The van der Waals surface area contributed by atoms with E-state index in [1.807, 2.05) is 0 Å². The molecule has 9 heteroatoms. The van der Waals surface area contributed by atoms with Gasteiger partial charge in [0.2, 0.25) is 5.95 Å². The van der Waals surface area contributed by atoms with E-state index in [1.54, 1.807) is 25.1 Å². The molecule has 2 N–H and O–H groups in total. The number of amides is 1. The topological polar surface area (TPSA) is 114 Å². The molecule has 1 unspecified atom stereocenters. The number of sulfone groups is 1. The maximum Gasteiger partial charge on any atom is 0.270 e. The molecular weight excluding hydrogens is 332 g/mol. The zero-order chi connectivity index (χ0) is 17.2. The van der Waals surface area contributed by atoms with Gasteiger partial charge in [0.15, 0.2) is 9.84 Å². The Hall–Kier alpha value is -2.42. The van der Waals surface area contributed by atoms with Crippen molar-refractivity contribution < 1.29 is 17.6 Å². The summed E-state index contributed by atoms with van der Waals surface area (Å²) in [6.45, 7) is 2.01. The quantitative estimate of drug-likeness (QED) is 0.823. The van der Waals surface area contributed by atoms with Crippen molar-refractivity contribution >= 4 is 21.7 Å². The molecule has 8 nitrogen and oxygen atoms in total. The van der Waals surface area contributed by atoms with Gasteiger partial charge in [-0.25, -0.2) is 18.4 Å². The van der Waals surface area contributed by atoms with Crippen molar-refractivity contribution in [2.24, 2.45) is 0 Å². The van der Waals surface area contributed by atoms with Gasteiger partial charge in [0.05, 0.1) is 24.3 Å². The van der Waals surface area contributed by atoms with Crippen LogP contribution < -0.4 is 10.6 Å². The van der Waals surface area contributed by atoms with Gasteiger partial charge in [0.1, 0.15) is 11.5 Å². The molecule has 3 rings (SSSR count). The Labute approximate surface area is 139 Å². The number of hydrogen-bond acceptors (Lipinski definition) is 7. The van der Waals surface area contributed by atoms with Gasteiger partial charge in [-0.05, 0) is 31.5 Å². The summed E-state index contributed by atoms with van der Waals surface area (Å²) >= 11 is 0. The van der Waals surface area contributed by atoms with E-state index >= 15 is 0 Å². The fourth-order valence-corrected chi connectivity index (χ4v) is 4.19. The fourth-order valence-electron chi connectivity index (χ4n) is 2.51. The lowest BCUT2D eigenvalue weighted by Gasteiger charge is -2.12. The number of carbonyl (C=O) groups excluding carboxylic acids is 1. The zero-order valence-corrected chi connectivity index (χ0v) is 14.0. The van der Waals surface area contributed by atoms with Crippen molar-refractivity contribution in [3.8, 4) is 0 Å². The van der Waals surface area contributed by atoms with Crippen LogP contribution in [0.15, 0.2) is 28.9 Å². The number of aryl methyl sites for hydroxylation is 1. The van der Waals surface area contributed by atoms with E-state index in [0.717, 1.165) is 0 Å². The van der Waals surface area contributed by atoms with Crippen molar-refractivity contribution in [3.63, 3.8) is 0 Å². The molecule has 128 valence electrons. The molecule has 0 spiro atoms. The lowest BCUT2D eigenvalue weighted by atomic mass is 10.2. The van der Waals surface area contributed by atoms with E-state index in [4.69, 9.17) is 4.42 Å². The third kappa shape index (κ3) is 4.10. The van der Waals surface area contributed by atoms with Crippen molar-refractivity contribution in [2.75, 3.05) is 16.8 Å². The lowest BCUT2D eigenvalue weighted by Crippen LogP contribution is -2.26. The zero-order valence-electron chi connectivity index (χ0n) is 13.2. The number of nitrogens with one attached hydrogen (secondary N) is 2. The normalized spacial score (nSPS) is 19.1. The van der Waals surface area contributed by atoms with Crippen LogP contribution in [0.25, 0.3) is 0 Å². The first kappa shape index (κ1) is 16.4. The summed E-state index contributed by atoms with van der Waals surface area (Å²) in [6, 6.07) is 4.86. The summed E-state index contributed by atoms with van der Waals surface area (Å²) in [5, 5.41) is 5.72. The number of anilines is 1. The number of hydrogen-bond donors (Lipinski definition) is 2. The van der Waals surface area contributed by atoms with Crippen LogP contribution in [-0.4, -0.2) is 41.8 Å². The standard InChI is InChI=1S/C15H18N4O4S/c1-10-7-13(14(20)16-8-12-3-2-5-23-12)19-15(17-10)18-11-4-6-24(21,22)9-11/h2-3,5,7,11H,4,6,8-9H2,1H3,(H,16,20)(H,17,18,19). The molecule has 1 fully saturated rings. The predicted molar refractivity (Wildman–Crippen MR) is 87.3 cm³/mol. The minimum Gasteiger partial charge on any atom is -0.467 e. The summed E-state index contributed by atoms with van der Waals surface area (Å²) in [5.41, 5.74) is 0.842. The highest BCUT2D eigenvalue weighted by Gasteiger charge is 2.28. The lowest BCUT2D eigenvalue weighted by molar-refractivity contribution is 0.0943. The van der Waals surface area contributed by atoms with Crippen molar-refractivity contribution in [1.29, 1.82) is 0 Å². The Morgan fingerprint density at radius 2 is 2.25 bits per heavy atom. The van der Waals surface area contributed by atoms with Gasteiger partial charge in [-0.2, -0.15) is 0 Å². The number of rotatable bonds is 5. The Kier molecular flexibility index (Phi) is 4.52. The highest BCUT2D eigenvalue weighted by Crippen LogP contribution is 2.16. The Morgan fingerprint density at radius 3 is 2.92 bits per heavy atom. The number of nitrogens with zero attached hydrogens (tertiary/aromatic N) is 2. The monoisotopic (exact) mass is 350 g/mol. The Morgan fingerprint density at radius 1 is 1.42 bits per heavy atom. The van der Waals surface area contributed by atoms with Gasteiger partial charge in [-0.1, -0.05) is 0 Å². The van der Waals surface area contributed by atoms with E-state index in [1.165, 1.54) is 6.26 Å². The van der Waals surface area contributed by atoms with Gasteiger partial charge >= 0.3 is 0 Å². The van der Waals surface area contributed by atoms with Gasteiger partial charge in [-0.15, -0.1) is 0 Å². The molecule has 0 aliphatic carbocycles. The fraction of sp³-hybridized carbons (Fsp3) is 0.400. The average molecular weight is 350 g/mol. The summed E-state index contributed by atoms with van der Waals surface area (Å²) in [4.78, 5) is 20.6. The van der Waals surface area contributed by atoms with Gasteiger partial charge in [0, 0.05) is 11.7 Å². The molecule has 0 aromatic carbocycles. The maximum absolute atomic E-state index is 12.2. The molecule has 3 heterocycles. The predicted octanol–water partition coefficient (Wildman–Crippen LogP) is 0.907. The SMILES string of the molecule is Cc1cc(C(=O)NCc2ccco2)nc(NC2CCS(=O)(=O)C2)n1. The smallest absolute Gasteiger partial charge is 0.270 e. The van der Waals surface area contributed by atoms with Crippen LogP contribution in [0, 0.1) is 6.92 Å². The second-order valence-corrected chi connectivity index (χ2v) is 7.95. The van der Waals surface area contributed by atoms with Gasteiger partial charge < -0.3 is 15.1 Å². The number of furan rings is 1. The van der Waals surface area contributed by atoms with Gasteiger partial charge in [-0.3, -0.25) is 4.79 Å². The Balaban J connectivity index is 1.68.